The Bertz CT molecular complexity index is 6610. The van der Waals surface area contributed by atoms with Crippen LogP contribution < -0.4 is 11.1 Å². The van der Waals surface area contributed by atoms with Gasteiger partial charge in [0.05, 0.1) is 30.9 Å². The van der Waals surface area contributed by atoms with Crippen molar-refractivity contribution in [2.24, 2.45) is 5.73 Å². The van der Waals surface area contributed by atoms with Gasteiger partial charge in [0, 0.05) is 177 Å². The van der Waals surface area contributed by atoms with Crippen molar-refractivity contribution in [1.29, 1.82) is 0 Å². The highest BCUT2D eigenvalue weighted by molar-refractivity contribution is 6.27. The van der Waals surface area contributed by atoms with Gasteiger partial charge in [0.15, 0.2) is 23.1 Å². The minimum Gasteiger partial charge on any atom is -0.478 e. The van der Waals surface area contributed by atoms with Crippen molar-refractivity contribution in [1.82, 2.24) is 28.5 Å². The van der Waals surface area contributed by atoms with Gasteiger partial charge in [0.2, 0.25) is 5.91 Å². The first-order valence-electron chi connectivity index (χ1n) is 42.4. The van der Waals surface area contributed by atoms with Gasteiger partial charge in [0.25, 0.3) is 5.91 Å². The van der Waals surface area contributed by atoms with E-state index in [2.05, 4.69) is 67.5 Å². The molecule has 0 atom stereocenters. The number of nitrogens with one attached hydrogen (secondary N) is 1. The van der Waals surface area contributed by atoms with Crippen molar-refractivity contribution >= 4 is 134 Å². The zero-order valence-corrected chi connectivity index (χ0v) is 69.7. The van der Waals surface area contributed by atoms with Crippen LogP contribution in [0.25, 0.3) is 86.7 Å². The van der Waals surface area contributed by atoms with E-state index in [9.17, 15) is 43.5 Å². The number of amides is 2. The van der Waals surface area contributed by atoms with E-state index in [1.165, 1.54) is 12.5 Å². The number of aryl methyl sites for hydroxylation is 3. The van der Waals surface area contributed by atoms with Gasteiger partial charge in [-0.3, -0.25) is 33.7 Å². The number of carbonyl (C=O) groups excluding carboxylic acids is 7. The van der Waals surface area contributed by atoms with Crippen LogP contribution in [0, 0.1) is 0 Å². The summed E-state index contributed by atoms with van der Waals surface area (Å²) in [6.45, 7) is 16.4. The van der Waals surface area contributed by atoms with Crippen molar-refractivity contribution in [3.8, 4) is 0 Å². The van der Waals surface area contributed by atoms with Gasteiger partial charge in [-0.1, -0.05) is 229 Å². The molecule has 17 rings (SSSR count). The number of primary amides is 1. The Morgan fingerprint density at radius 1 is 0.328 bits per heavy atom. The third kappa shape index (κ3) is 18.1. The molecule has 618 valence electrons. The third-order valence-corrected chi connectivity index (χ3v) is 23.0. The normalized spacial score (nSPS) is 12.1. The van der Waals surface area contributed by atoms with Gasteiger partial charge in [0.1, 0.15) is 0 Å². The number of ketones is 4. The van der Waals surface area contributed by atoms with E-state index >= 15 is 0 Å². The quantitative estimate of drug-likeness (QED) is 0.0236. The minimum absolute atomic E-state index is 0.0138. The number of rotatable bonds is 28. The second kappa shape index (κ2) is 39.5. The number of hydrogen-bond acceptors (Lipinski definition) is 11. The van der Waals surface area contributed by atoms with Gasteiger partial charge < -0.3 is 43.9 Å². The molecule has 122 heavy (non-hydrogen) atoms. The lowest BCUT2D eigenvalue weighted by atomic mass is 9.94. The highest BCUT2D eigenvalue weighted by Crippen LogP contribution is 2.36. The van der Waals surface area contributed by atoms with E-state index in [4.69, 9.17) is 15.2 Å². The molecule has 0 saturated carbocycles. The molecule has 0 radical (unpaired) electrons. The van der Waals surface area contributed by atoms with Crippen LogP contribution in [0.15, 0.2) is 267 Å². The molecule has 5 heterocycles. The van der Waals surface area contributed by atoms with Crippen molar-refractivity contribution in [3.05, 3.63) is 334 Å². The Morgan fingerprint density at radius 3 is 0.918 bits per heavy atom. The molecule has 1 aliphatic rings. The van der Waals surface area contributed by atoms with Gasteiger partial charge >= 0.3 is 11.9 Å². The van der Waals surface area contributed by atoms with Crippen LogP contribution in [0.4, 0.5) is 0 Å². The van der Waals surface area contributed by atoms with Crippen LogP contribution in [-0.4, -0.2) is 122 Å². The first-order chi connectivity index (χ1) is 59.5. The summed E-state index contributed by atoms with van der Waals surface area (Å²) in [5.41, 5.74) is 16.5. The zero-order chi connectivity index (χ0) is 85.3. The predicted molar refractivity (Wildman–Crippen MR) is 488 cm³/mol. The van der Waals surface area contributed by atoms with E-state index in [-0.39, 0.29) is 40.6 Å². The molecule has 1 aliphatic heterocycles. The molecule has 0 spiro atoms. The SMILES string of the molecule is CCCCCn1cc(C(=O)c2ccc(C(=O)NC)c3ccccc23)c2ccccc21.CCCCCn1cc(C(=O)c2ccc(C(=O)OCC)c3ccccc23)c2ccccc21.CCCCCn1cc(C(=O)c2ccc(C(N)=O)c3ccccc23)c2ccccc21.O=C(O)c1ccc(C(=O)c2cn(CCN3CCOCC3)c3ccccc23)c2ccccc12. The lowest BCUT2D eigenvalue weighted by Gasteiger charge is -2.26. The average molecular weight is 1620 g/mol. The Hall–Kier alpha value is -13.7. The molecule has 18 heteroatoms. The number of esters is 1. The van der Waals surface area contributed by atoms with Gasteiger partial charge in [-0.25, -0.2) is 9.59 Å². The monoisotopic (exact) mass is 1620 g/mol. The number of carboxylic acid groups (broad SMARTS) is 1. The maximum Gasteiger partial charge on any atom is 0.338 e. The standard InChI is InChI=1S/C27H27NO3.C26H24N2O4.C26H26N2O2.C25H24N2O2/c1-3-5-10-17-28-18-24(21-13-8-9-14-25(21)28)26(29)22-15-16-23(27(30)31-4-2)20-12-7-6-11-19(20)22;29-25(21-9-10-22(26(30)31)19-6-2-1-5-18(19)21)23-17-28(24-8-4-3-7-20(23)24)12-11-27-13-15-32-16-14-27;1-3-4-9-16-28-17-23(20-12-7-8-13-24(20)28)25(29)21-14-15-22(26(30)27-2)19-11-6-5-10-18(19)21;1-2-3-8-15-27-16-22(19-11-6-7-12-23(19)27)24(28)20-13-14-21(25(26)29)18-10-5-4-9-17(18)20/h6-9,11-16,18H,3-5,10,17H2,1-2H3;1-10,17H,11-16H2,(H,30,31);5-8,10-15,17H,3-4,9,16H2,1-2H3,(H,27,30);4-7,9-14,16H,2-3,8,15H2,1H3,(H2,26,29). The van der Waals surface area contributed by atoms with Crippen LogP contribution in [0.3, 0.4) is 0 Å². The molecular formula is C104H101N7O11. The molecule has 2 amide bonds. The highest BCUT2D eigenvalue weighted by atomic mass is 16.5. The number of hydrogen-bond donors (Lipinski definition) is 3. The molecule has 0 bridgehead atoms. The number of fused-ring (bicyclic) bond motifs is 8. The number of ether oxygens (including phenoxy) is 2. The fraction of sp³-hybridized carbons (Fsp3) is 0.231. The molecule has 0 aliphatic carbocycles. The zero-order valence-electron chi connectivity index (χ0n) is 69.7. The summed E-state index contributed by atoms with van der Waals surface area (Å²) in [6, 6.07) is 75.3. The van der Waals surface area contributed by atoms with Crippen LogP contribution in [0.5, 0.6) is 0 Å². The van der Waals surface area contributed by atoms with Crippen molar-refractivity contribution in [3.63, 3.8) is 0 Å². The number of carbonyl (C=O) groups is 8. The van der Waals surface area contributed by atoms with Crippen LogP contribution in [0.2, 0.25) is 0 Å². The fourth-order valence-corrected chi connectivity index (χ4v) is 16.8. The maximum absolute atomic E-state index is 13.7. The number of nitrogens with zero attached hydrogens (tertiary/aromatic N) is 5. The largest absolute Gasteiger partial charge is 0.478 e. The molecule has 12 aromatic carbocycles. The molecule has 1 fully saturated rings. The number of aromatic nitrogens is 4. The Morgan fingerprint density at radius 2 is 0.598 bits per heavy atom. The molecule has 4 aromatic heterocycles. The van der Waals surface area contributed by atoms with Crippen molar-refractivity contribution < 1.29 is 52.9 Å². The number of para-hydroxylation sites is 4. The summed E-state index contributed by atoms with van der Waals surface area (Å²) in [5, 5.41) is 21.8. The average Bonchev–Trinajstić information content (AvgIpc) is 1.44. The van der Waals surface area contributed by atoms with E-state index in [0.29, 0.717) is 84.0 Å². The Balaban J connectivity index is 0.000000133. The lowest BCUT2D eigenvalue weighted by Crippen LogP contribution is -2.38. The smallest absolute Gasteiger partial charge is 0.338 e. The first-order valence-corrected chi connectivity index (χ1v) is 42.4. The minimum atomic E-state index is -1.00. The van der Waals surface area contributed by atoms with Crippen molar-refractivity contribution in [2.45, 2.75) is 112 Å². The molecule has 16 aromatic rings. The lowest BCUT2D eigenvalue weighted by molar-refractivity contribution is 0.0365. The summed E-state index contributed by atoms with van der Waals surface area (Å²) in [6.07, 6.45) is 18.1. The number of carboxylic acids is 1. The van der Waals surface area contributed by atoms with Crippen LogP contribution in [-0.2, 0) is 35.7 Å². The second-order valence-corrected chi connectivity index (χ2v) is 30.7. The first kappa shape index (κ1) is 84.8. The summed E-state index contributed by atoms with van der Waals surface area (Å²) in [4.78, 5) is 105. The molecule has 4 N–H and O–H groups in total. The van der Waals surface area contributed by atoms with Crippen LogP contribution >= 0.6 is 0 Å². The van der Waals surface area contributed by atoms with E-state index in [1.54, 1.807) is 68.6 Å². The van der Waals surface area contributed by atoms with Crippen molar-refractivity contribution in [2.75, 3.05) is 46.5 Å². The summed E-state index contributed by atoms with van der Waals surface area (Å²) >= 11 is 0. The highest BCUT2D eigenvalue weighted by Gasteiger charge is 2.27. The number of aromatic carboxylic acids is 1. The third-order valence-electron chi connectivity index (χ3n) is 23.0. The van der Waals surface area contributed by atoms with Gasteiger partial charge in [-0.15, -0.1) is 0 Å². The van der Waals surface area contributed by atoms with Gasteiger partial charge in [-0.2, -0.15) is 0 Å². The number of benzene rings is 12. The molecule has 18 nitrogen and oxygen atoms in total. The summed E-state index contributed by atoms with van der Waals surface area (Å²) in [7, 11) is 1.61. The number of nitrogens with two attached hydrogens (primary N) is 1. The van der Waals surface area contributed by atoms with E-state index in [1.807, 2.05) is 189 Å². The fourth-order valence-electron chi connectivity index (χ4n) is 16.8. The van der Waals surface area contributed by atoms with Gasteiger partial charge in [-0.05, 0) is 142 Å². The summed E-state index contributed by atoms with van der Waals surface area (Å²) < 4.78 is 19.3. The number of unbranched alkanes of at least 4 members (excludes halogenated alkanes) is 6. The molecule has 0 unspecified atom stereocenters. The molecular weight excluding hydrogens is 1520 g/mol. The Labute approximate surface area is 709 Å². The summed E-state index contributed by atoms with van der Waals surface area (Å²) in [5.74, 6) is -2.20. The molecule has 1 saturated heterocycles. The van der Waals surface area contributed by atoms with E-state index < -0.39 is 11.9 Å². The second-order valence-electron chi connectivity index (χ2n) is 30.7. The van der Waals surface area contributed by atoms with Crippen LogP contribution in [0.1, 0.15) is 191 Å². The van der Waals surface area contributed by atoms with E-state index in [0.717, 1.165) is 181 Å². The number of morpholine rings is 1. The predicted octanol–water partition coefficient (Wildman–Crippen LogP) is 21.3. The maximum atomic E-state index is 13.7. The Kier molecular flexibility index (Phi) is 27.4. The topological polar surface area (TPSA) is 236 Å².